The van der Waals surface area contributed by atoms with Gasteiger partial charge >= 0.3 is 0 Å². The Bertz CT molecular complexity index is 151. The van der Waals surface area contributed by atoms with Gasteiger partial charge in [0.05, 0.1) is 0 Å². The summed E-state index contributed by atoms with van der Waals surface area (Å²) in [5, 5.41) is 0.385. The number of hydrogen-bond acceptors (Lipinski definition) is 4. The van der Waals surface area contributed by atoms with E-state index in [0.717, 1.165) is 30.8 Å². The summed E-state index contributed by atoms with van der Waals surface area (Å²) in [5.41, 5.74) is 0. The van der Waals surface area contributed by atoms with Crippen LogP contribution in [0, 0.1) is 0 Å². The fourth-order valence-corrected chi connectivity index (χ4v) is 2.08. The van der Waals surface area contributed by atoms with Gasteiger partial charge in [-0.05, 0) is 12.8 Å². The summed E-state index contributed by atoms with van der Waals surface area (Å²) in [7, 11) is 0. The predicted molar refractivity (Wildman–Crippen MR) is 60.1 cm³/mol. The third-order valence-corrected chi connectivity index (χ3v) is 3.20. The number of hydrogen-bond donors (Lipinski definition) is 0. The summed E-state index contributed by atoms with van der Waals surface area (Å²) in [4.78, 5) is 21.1. The molecule has 4 heteroatoms. The lowest BCUT2D eigenvalue weighted by molar-refractivity contribution is -0.109. The molecule has 0 spiro atoms. The topological polar surface area (TPSA) is 34.1 Å². The second kappa shape index (κ2) is 8.63. The minimum atomic E-state index is 0.193. The van der Waals surface area contributed by atoms with Gasteiger partial charge in [0.2, 0.25) is 0 Å². The van der Waals surface area contributed by atoms with Crippen LogP contribution in [0.2, 0.25) is 0 Å². The average molecular weight is 220 g/mol. The Morgan fingerprint density at radius 2 is 1.23 bits per heavy atom. The highest BCUT2D eigenvalue weighted by atomic mass is 32.2. The van der Waals surface area contributed by atoms with Crippen LogP contribution in [0.1, 0.15) is 33.1 Å². The molecule has 0 rings (SSSR count). The summed E-state index contributed by atoms with van der Waals surface area (Å²) < 4.78 is 0. The van der Waals surface area contributed by atoms with Crippen molar-refractivity contribution in [3.8, 4) is 0 Å². The van der Waals surface area contributed by atoms with E-state index in [0.29, 0.717) is 0 Å². The van der Waals surface area contributed by atoms with Gasteiger partial charge in [-0.2, -0.15) is 0 Å². The third kappa shape index (κ3) is 12.0. The fraction of sp³-hybridized carbons (Fsp3) is 0.778. The standard InChI is InChI=1S/C9H16O2S2/c1-8(10)12-6-4-3-5-7-13-9(2)11/h3-7H2,1-2H3. The van der Waals surface area contributed by atoms with Gasteiger partial charge in [0.15, 0.2) is 10.2 Å². The van der Waals surface area contributed by atoms with E-state index in [1.807, 2.05) is 0 Å². The Kier molecular flexibility index (Phi) is 8.66. The van der Waals surface area contributed by atoms with Crippen LogP contribution in [0.4, 0.5) is 0 Å². The molecule has 76 valence electrons. The van der Waals surface area contributed by atoms with Gasteiger partial charge in [0.1, 0.15) is 0 Å². The van der Waals surface area contributed by atoms with Crippen LogP contribution in [0.3, 0.4) is 0 Å². The van der Waals surface area contributed by atoms with E-state index < -0.39 is 0 Å². The molecule has 0 aromatic carbocycles. The van der Waals surface area contributed by atoms with Crippen molar-refractivity contribution in [3.05, 3.63) is 0 Å². The molecule has 0 radical (unpaired) electrons. The molecule has 0 aliphatic carbocycles. The van der Waals surface area contributed by atoms with Crippen molar-refractivity contribution in [2.45, 2.75) is 33.1 Å². The number of rotatable bonds is 6. The van der Waals surface area contributed by atoms with E-state index >= 15 is 0 Å². The smallest absolute Gasteiger partial charge is 0.185 e. The first-order valence-corrected chi connectivity index (χ1v) is 6.37. The highest BCUT2D eigenvalue weighted by Gasteiger charge is 1.96. The first-order valence-electron chi connectivity index (χ1n) is 4.39. The number of unbranched alkanes of at least 4 members (excludes halogenated alkanes) is 2. The monoisotopic (exact) mass is 220 g/mol. The molecule has 0 aliphatic rings. The molecule has 0 unspecified atom stereocenters. The highest BCUT2D eigenvalue weighted by Crippen LogP contribution is 2.10. The van der Waals surface area contributed by atoms with Crippen molar-refractivity contribution in [2.75, 3.05) is 11.5 Å². The first kappa shape index (κ1) is 13.0. The van der Waals surface area contributed by atoms with Crippen molar-refractivity contribution in [1.29, 1.82) is 0 Å². The van der Waals surface area contributed by atoms with Gasteiger partial charge in [-0.1, -0.05) is 29.9 Å². The van der Waals surface area contributed by atoms with E-state index in [-0.39, 0.29) is 10.2 Å². The minimum Gasteiger partial charge on any atom is -0.288 e. The van der Waals surface area contributed by atoms with Crippen molar-refractivity contribution in [1.82, 2.24) is 0 Å². The molecule has 0 heterocycles. The molecule has 0 bridgehead atoms. The van der Waals surface area contributed by atoms with Gasteiger partial charge in [0, 0.05) is 25.4 Å². The normalized spacial score (nSPS) is 10.0. The largest absolute Gasteiger partial charge is 0.288 e. The van der Waals surface area contributed by atoms with Gasteiger partial charge in [-0.25, -0.2) is 0 Å². The van der Waals surface area contributed by atoms with Crippen molar-refractivity contribution >= 4 is 33.8 Å². The average Bonchev–Trinajstić information content (AvgIpc) is 2.01. The fourth-order valence-electron chi connectivity index (χ4n) is 0.813. The predicted octanol–water partition coefficient (Wildman–Crippen LogP) is 2.72. The number of carbonyl (C=O) groups excluding carboxylic acids is 2. The number of carbonyl (C=O) groups is 2. The third-order valence-electron chi connectivity index (χ3n) is 1.40. The van der Waals surface area contributed by atoms with E-state index in [1.165, 1.54) is 23.5 Å². The first-order chi connectivity index (χ1) is 6.13. The maximum Gasteiger partial charge on any atom is 0.185 e. The molecule has 0 amide bonds. The lowest BCUT2D eigenvalue weighted by atomic mass is 10.3. The number of thioether (sulfide) groups is 2. The van der Waals surface area contributed by atoms with Gasteiger partial charge < -0.3 is 0 Å². The van der Waals surface area contributed by atoms with Crippen LogP contribution < -0.4 is 0 Å². The molecule has 0 aliphatic heterocycles. The van der Waals surface area contributed by atoms with Crippen LogP contribution in [0.5, 0.6) is 0 Å². The molecule has 2 nitrogen and oxygen atoms in total. The quantitative estimate of drug-likeness (QED) is 0.645. The molecular weight excluding hydrogens is 204 g/mol. The Hall–Kier alpha value is 0.0400. The maximum atomic E-state index is 10.5. The van der Waals surface area contributed by atoms with E-state index in [9.17, 15) is 9.59 Å². The molecule has 0 N–H and O–H groups in total. The molecule has 0 saturated carbocycles. The zero-order valence-corrected chi connectivity index (χ0v) is 9.80. The van der Waals surface area contributed by atoms with Crippen molar-refractivity contribution in [3.63, 3.8) is 0 Å². The summed E-state index contributed by atoms with van der Waals surface area (Å²) >= 11 is 2.77. The second-order valence-electron chi connectivity index (χ2n) is 2.74. The zero-order valence-electron chi connectivity index (χ0n) is 8.17. The summed E-state index contributed by atoms with van der Waals surface area (Å²) in [6.07, 6.45) is 3.26. The molecule has 0 aromatic heterocycles. The molecule has 0 saturated heterocycles. The zero-order chi connectivity index (χ0) is 10.1. The Balaban J connectivity index is 3.00. The highest BCUT2D eigenvalue weighted by molar-refractivity contribution is 8.13. The van der Waals surface area contributed by atoms with Crippen molar-refractivity contribution < 1.29 is 9.59 Å². The Morgan fingerprint density at radius 3 is 1.54 bits per heavy atom. The summed E-state index contributed by atoms with van der Waals surface area (Å²) in [6.45, 7) is 3.19. The van der Waals surface area contributed by atoms with E-state index in [2.05, 4.69) is 0 Å². The van der Waals surface area contributed by atoms with Gasteiger partial charge in [-0.3, -0.25) is 9.59 Å². The summed E-state index contributed by atoms with van der Waals surface area (Å²) in [6, 6.07) is 0. The van der Waals surface area contributed by atoms with Crippen LogP contribution >= 0.6 is 23.5 Å². The van der Waals surface area contributed by atoms with Gasteiger partial charge in [0.25, 0.3) is 0 Å². The van der Waals surface area contributed by atoms with Crippen LogP contribution in [-0.4, -0.2) is 21.7 Å². The summed E-state index contributed by atoms with van der Waals surface area (Å²) in [5.74, 6) is 1.83. The molecule has 0 fully saturated rings. The SMILES string of the molecule is CC(=O)SCCCCCSC(C)=O. The molecule has 0 atom stereocenters. The van der Waals surface area contributed by atoms with Gasteiger partial charge in [-0.15, -0.1) is 0 Å². The maximum absolute atomic E-state index is 10.5. The van der Waals surface area contributed by atoms with E-state index in [1.54, 1.807) is 13.8 Å². The van der Waals surface area contributed by atoms with Crippen LogP contribution in [-0.2, 0) is 9.59 Å². The second-order valence-corrected chi connectivity index (χ2v) is 5.28. The Labute approximate surface area is 88.2 Å². The molecule has 13 heavy (non-hydrogen) atoms. The van der Waals surface area contributed by atoms with Crippen LogP contribution in [0.25, 0.3) is 0 Å². The molecule has 0 aromatic rings. The molecular formula is C9H16O2S2. The van der Waals surface area contributed by atoms with Crippen molar-refractivity contribution in [2.24, 2.45) is 0 Å². The minimum absolute atomic E-state index is 0.193. The van der Waals surface area contributed by atoms with Crippen LogP contribution in [0.15, 0.2) is 0 Å². The lowest BCUT2D eigenvalue weighted by Gasteiger charge is -1.98. The Morgan fingerprint density at radius 1 is 0.846 bits per heavy atom. The van der Waals surface area contributed by atoms with E-state index in [4.69, 9.17) is 0 Å². The lowest BCUT2D eigenvalue weighted by Crippen LogP contribution is -1.89.